The Kier molecular flexibility index (Phi) is 12.8. The fraction of sp³-hybridized carbons (Fsp3) is 0.452. The molecule has 56 heavy (non-hydrogen) atoms. The molecule has 2 atom stereocenters. The molecule has 2 bridgehead atoms. The molecular weight excluding hydrogens is 737 g/mol. The van der Waals surface area contributed by atoms with Gasteiger partial charge in [0.15, 0.2) is 0 Å². The van der Waals surface area contributed by atoms with Crippen LogP contribution in [0.2, 0.25) is 0 Å². The summed E-state index contributed by atoms with van der Waals surface area (Å²) in [6.45, 7) is 9.55. The van der Waals surface area contributed by atoms with E-state index in [-0.39, 0.29) is 56.7 Å². The zero-order chi connectivity index (χ0) is 40.1. The first kappa shape index (κ1) is 40.8. The molecule has 2 aliphatic heterocycles. The number of unbranched alkanes of at least 4 members (excludes halogenated alkanes) is 1. The summed E-state index contributed by atoms with van der Waals surface area (Å²) in [6.07, 6.45) is 2.04. The lowest BCUT2D eigenvalue weighted by molar-refractivity contribution is -0.197. The van der Waals surface area contributed by atoms with E-state index in [2.05, 4.69) is 42.6 Å². The molecule has 1 fully saturated rings. The maximum Gasteiger partial charge on any atom is 0.333 e. The SMILES string of the molecule is CCN=c1cc2oc3cc(NCC)c(C)cc3c(-c3cc4ccc3C(CC(=O)OCCCCP(=O)(O)O)CC4CCCC(=O)ON3C(=O)CCC3=O)c-2cc1C. The van der Waals surface area contributed by atoms with Crippen LogP contribution in [0.15, 0.2) is 51.9 Å². The zero-order valence-corrected chi connectivity index (χ0v) is 33.3. The number of benzene rings is 3. The Morgan fingerprint density at radius 1 is 0.946 bits per heavy atom. The van der Waals surface area contributed by atoms with E-state index in [0.717, 1.165) is 61.9 Å². The number of rotatable bonds is 16. The van der Waals surface area contributed by atoms with Crippen LogP contribution in [0.1, 0.15) is 106 Å². The molecule has 2 aromatic carbocycles. The van der Waals surface area contributed by atoms with Gasteiger partial charge in [-0.25, -0.2) is 4.79 Å². The number of carbonyl (C=O) groups excluding carboxylic acids is 4. The Morgan fingerprint density at radius 3 is 2.43 bits per heavy atom. The monoisotopic (exact) mass is 787 g/mol. The number of hydrogen-bond donors (Lipinski definition) is 3. The lowest BCUT2D eigenvalue weighted by Gasteiger charge is -2.22. The largest absolute Gasteiger partial charge is 0.466 e. The Labute approximate surface area is 325 Å². The Hall–Kier alpha value is -4.84. The van der Waals surface area contributed by atoms with Crippen LogP contribution >= 0.6 is 7.60 Å². The Balaban J connectivity index is 1.38. The van der Waals surface area contributed by atoms with Crippen LogP contribution in [0, 0.1) is 13.8 Å². The molecule has 14 heteroatoms. The molecule has 2 unspecified atom stereocenters. The molecule has 7 rings (SSSR count). The molecular formula is C42H50N3O10P. The van der Waals surface area contributed by atoms with E-state index in [1.54, 1.807) is 0 Å². The Morgan fingerprint density at radius 2 is 1.71 bits per heavy atom. The molecule has 3 N–H and O–H groups in total. The smallest absolute Gasteiger partial charge is 0.333 e. The van der Waals surface area contributed by atoms with Crippen LogP contribution in [0.25, 0.3) is 33.4 Å². The number of anilines is 1. The van der Waals surface area contributed by atoms with Gasteiger partial charge in [0, 0.05) is 72.8 Å². The lowest BCUT2D eigenvalue weighted by atomic mass is 9.83. The first-order chi connectivity index (χ1) is 26.8. The first-order valence-corrected chi connectivity index (χ1v) is 21.2. The molecule has 298 valence electrons. The summed E-state index contributed by atoms with van der Waals surface area (Å²) >= 11 is 0. The summed E-state index contributed by atoms with van der Waals surface area (Å²) in [6, 6.07) is 14.6. The van der Waals surface area contributed by atoms with E-state index < -0.39 is 31.3 Å². The highest BCUT2D eigenvalue weighted by atomic mass is 31.2. The predicted molar refractivity (Wildman–Crippen MR) is 211 cm³/mol. The van der Waals surface area contributed by atoms with Crippen molar-refractivity contribution in [2.75, 3.05) is 31.2 Å². The van der Waals surface area contributed by atoms with Gasteiger partial charge < -0.3 is 29.1 Å². The van der Waals surface area contributed by atoms with Gasteiger partial charge in [-0.15, -0.1) is 5.06 Å². The molecule has 2 amide bonds. The van der Waals surface area contributed by atoms with E-state index in [4.69, 9.17) is 19.0 Å². The van der Waals surface area contributed by atoms with Crippen LogP contribution < -0.4 is 10.7 Å². The molecule has 5 aliphatic rings. The summed E-state index contributed by atoms with van der Waals surface area (Å²) < 4.78 is 23.5. The van der Waals surface area contributed by atoms with Gasteiger partial charge in [-0.2, -0.15) is 0 Å². The van der Waals surface area contributed by atoms with Crippen molar-refractivity contribution in [3.63, 3.8) is 0 Å². The molecule has 2 aromatic rings. The summed E-state index contributed by atoms with van der Waals surface area (Å²) in [4.78, 5) is 78.4. The number of aryl methyl sites for hydroxylation is 2. The molecule has 13 nitrogen and oxygen atoms in total. The van der Waals surface area contributed by atoms with Crippen molar-refractivity contribution >= 4 is 48.0 Å². The topological polar surface area (TPSA) is 185 Å². The number of fused-ring (bicyclic) bond motifs is 6. The van der Waals surface area contributed by atoms with Gasteiger partial charge >= 0.3 is 19.5 Å². The molecule has 3 aliphatic carbocycles. The van der Waals surface area contributed by atoms with Gasteiger partial charge in [-0.1, -0.05) is 18.2 Å². The van der Waals surface area contributed by atoms with Gasteiger partial charge in [-0.3, -0.25) is 23.9 Å². The second kappa shape index (κ2) is 17.5. The number of hydroxylamine groups is 2. The van der Waals surface area contributed by atoms with Crippen molar-refractivity contribution in [2.45, 2.75) is 97.3 Å². The van der Waals surface area contributed by atoms with E-state index in [1.165, 1.54) is 0 Å². The molecule has 0 spiro atoms. The van der Waals surface area contributed by atoms with Crippen LogP contribution in [0.5, 0.6) is 0 Å². The highest BCUT2D eigenvalue weighted by molar-refractivity contribution is 7.51. The third-order valence-electron chi connectivity index (χ3n) is 10.6. The van der Waals surface area contributed by atoms with Crippen LogP contribution in [-0.4, -0.2) is 64.5 Å². The maximum absolute atomic E-state index is 13.4. The number of hydrogen-bond acceptors (Lipinski definition) is 10. The number of esters is 1. The summed E-state index contributed by atoms with van der Waals surface area (Å²) in [5.41, 5.74) is 8.62. The van der Waals surface area contributed by atoms with E-state index in [9.17, 15) is 33.5 Å². The van der Waals surface area contributed by atoms with Crippen molar-refractivity contribution in [2.24, 2.45) is 4.99 Å². The van der Waals surface area contributed by atoms with Gasteiger partial charge in [0.25, 0.3) is 11.8 Å². The van der Waals surface area contributed by atoms with Gasteiger partial charge in [0.2, 0.25) is 0 Å². The second-order valence-corrected chi connectivity index (χ2v) is 16.5. The maximum atomic E-state index is 13.4. The molecule has 1 saturated heterocycles. The average Bonchev–Trinajstić information content (AvgIpc) is 3.28. The molecule has 0 saturated carbocycles. The fourth-order valence-electron chi connectivity index (χ4n) is 7.85. The van der Waals surface area contributed by atoms with Crippen molar-refractivity contribution in [3.8, 4) is 22.5 Å². The van der Waals surface area contributed by atoms with Crippen molar-refractivity contribution < 1.29 is 47.5 Å². The molecule has 2 heterocycles. The van der Waals surface area contributed by atoms with Crippen LogP contribution in [-0.2, 0) is 33.3 Å². The summed E-state index contributed by atoms with van der Waals surface area (Å²) in [5.74, 6) is -1.74. The number of imide groups is 1. The van der Waals surface area contributed by atoms with Crippen molar-refractivity contribution in [3.05, 3.63) is 70.1 Å². The highest BCUT2D eigenvalue weighted by Gasteiger charge is 2.34. The first-order valence-electron chi connectivity index (χ1n) is 19.4. The number of amides is 2. The minimum absolute atomic E-state index is 0.00626. The highest BCUT2D eigenvalue weighted by Crippen LogP contribution is 2.49. The van der Waals surface area contributed by atoms with E-state index in [0.29, 0.717) is 48.6 Å². The van der Waals surface area contributed by atoms with E-state index >= 15 is 0 Å². The summed E-state index contributed by atoms with van der Waals surface area (Å²) in [5, 5.41) is 5.78. The van der Waals surface area contributed by atoms with E-state index in [1.807, 2.05) is 32.9 Å². The third kappa shape index (κ3) is 9.40. The van der Waals surface area contributed by atoms with Crippen molar-refractivity contribution in [1.82, 2.24) is 5.06 Å². The molecule has 0 aromatic heterocycles. The van der Waals surface area contributed by atoms with Gasteiger partial charge in [-0.05, 0) is 112 Å². The number of ether oxygens (including phenoxy) is 1. The fourth-order valence-corrected chi connectivity index (χ4v) is 8.48. The zero-order valence-electron chi connectivity index (χ0n) is 32.4. The minimum atomic E-state index is -4.13. The number of nitrogens with one attached hydrogen (secondary N) is 1. The molecule has 0 radical (unpaired) electrons. The number of nitrogens with zero attached hydrogens (tertiary/aromatic N) is 2. The standard InChI is InChI=1S/C42H50N3O10P/c1-5-43-34-23-36-32(18-25(34)3)42(33-19-26(4)35(44-6-2)24-37(33)54-36)31-21-28-12-13-30(31)29(22-41(49)53-16-7-8-17-56(50,51)52)20-27(28)10-9-11-40(48)55-45-38(46)14-15-39(45)47/h12-13,18-19,21,23-24,27,29,43H,5-11,14-17,20,22H2,1-4H3,(H2,50,51,52). The summed E-state index contributed by atoms with van der Waals surface area (Å²) in [7, 11) is -4.13. The predicted octanol–water partition coefficient (Wildman–Crippen LogP) is 7.41. The normalized spacial score (nSPS) is 17.2. The van der Waals surface area contributed by atoms with Gasteiger partial charge in [0.1, 0.15) is 11.3 Å². The van der Waals surface area contributed by atoms with Gasteiger partial charge in [0.05, 0.1) is 18.4 Å². The average molecular weight is 788 g/mol. The minimum Gasteiger partial charge on any atom is -0.466 e. The lowest BCUT2D eigenvalue weighted by Crippen LogP contribution is -2.31. The van der Waals surface area contributed by atoms with Crippen LogP contribution in [0.3, 0.4) is 0 Å². The van der Waals surface area contributed by atoms with Crippen LogP contribution in [0.4, 0.5) is 5.69 Å². The third-order valence-corrected chi connectivity index (χ3v) is 11.5. The number of carbonyl (C=O) groups is 4. The second-order valence-electron chi connectivity index (χ2n) is 14.7. The van der Waals surface area contributed by atoms with Crippen molar-refractivity contribution in [1.29, 1.82) is 0 Å². The Bertz CT molecular complexity index is 2230. The quantitative estimate of drug-likeness (QED) is 0.0338.